The zero-order valence-electron chi connectivity index (χ0n) is 15.9. The molecule has 0 radical (unpaired) electrons. The Bertz CT molecular complexity index is 833. The molecule has 0 aliphatic rings. The number of nitrogens with one attached hydrogen (secondary N) is 2. The third kappa shape index (κ3) is 6.99. The van der Waals surface area contributed by atoms with Gasteiger partial charge in [-0.25, -0.2) is 4.99 Å². The van der Waals surface area contributed by atoms with E-state index in [1.165, 1.54) is 12.4 Å². The zero-order chi connectivity index (χ0) is 20.2. The summed E-state index contributed by atoms with van der Waals surface area (Å²) in [6, 6.07) is 11.0. The van der Waals surface area contributed by atoms with Crippen LogP contribution in [0.1, 0.15) is 28.4 Å². The minimum absolute atomic E-state index is 0.135. The van der Waals surface area contributed by atoms with Crippen LogP contribution in [-0.4, -0.2) is 48.5 Å². The van der Waals surface area contributed by atoms with Gasteiger partial charge in [0.25, 0.3) is 5.91 Å². The number of carbonyl (C=O) groups excluding carboxylic acids is 2. The fraction of sp³-hybridized carbons (Fsp3) is 0.250. The van der Waals surface area contributed by atoms with Crippen LogP contribution >= 0.6 is 0 Å². The third-order valence-electron chi connectivity index (χ3n) is 3.53. The number of hydrogen-bond acceptors (Lipinski definition) is 6. The molecular weight excluding hydrogens is 358 g/mol. The van der Waals surface area contributed by atoms with E-state index in [4.69, 9.17) is 4.84 Å². The highest BCUT2D eigenvalue weighted by Gasteiger charge is 2.13. The van der Waals surface area contributed by atoms with Crippen LogP contribution in [0.3, 0.4) is 0 Å². The Kier molecular flexibility index (Phi) is 8.32. The quantitative estimate of drug-likeness (QED) is 0.330. The Morgan fingerprint density at radius 2 is 1.89 bits per heavy atom. The largest absolute Gasteiger partial charge is 0.350 e. The molecule has 1 aromatic carbocycles. The van der Waals surface area contributed by atoms with Crippen LogP contribution in [-0.2, 0) is 9.63 Å². The molecule has 28 heavy (non-hydrogen) atoms. The number of pyridine rings is 1. The molecule has 0 spiro atoms. The van der Waals surface area contributed by atoms with Crippen molar-refractivity contribution in [3.63, 3.8) is 0 Å². The van der Waals surface area contributed by atoms with Crippen molar-refractivity contribution in [2.24, 2.45) is 10.1 Å². The number of amides is 2. The van der Waals surface area contributed by atoms with E-state index in [1.54, 1.807) is 25.3 Å². The van der Waals surface area contributed by atoms with Crippen molar-refractivity contribution in [1.29, 1.82) is 0 Å². The number of hydrogen-bond donors (Lipinski definition) is 2. The summed E-state index contributed by atoms with van der Waals surface area (Å²) in [7, 11) is 0. The number of benzene rings is 1. The third-order valence-corrected chi connectivity index (χ3v) is 3.53. The molecule has 1 heterocycles. The van der Waals surface area contributed by atoms with Gasteiger partial charge in [-0.3, -0.25) is 14.6 Å². The van der Waals surface area contributed by atoms with Gasteiger partial charge in [0.2, 0.25) is 0 Å². The van der Waals surface area contributed by atoms with Crippen molar-refractivity contribution in [3.8, 4) is 0 Å². The smallest absolute Gasteiger partial charge is 0.309 e. The van der Waals surface area contributed by atoms with Gasteiger partial charge in [-0.2, -0.15) is 0 Å². The van der Waals surface area contributed by atoms with E-state index >= 15 is 0 Å². The van der Waals surface area contributed by atoms with Gasteiger partial charge in [-0.1, -0.05) is 35.0 Å². The van der Waals surface area contributed by atoms with Crippen LogP contribution in [0.15, 0.2) is 58.9 Å². The average molecular weight is 381 g/mol. The number of aliphatic imine (C=N–C) groups is 1. The van der Waals surface area contributed by atoms with Crippen molar-refractivity contribution in [3.05, 3.63) is 65.5 Å². The molecule has 0 atom stereocenters. The van der Waals surface area contributed by atoms with Gasteiger partial charge in [0.1, 0.15) is 0 Å². The molecule has 8 heteroatoms. The van der Waals surface area contributed by atoms with Crippen LogP contribution < -0.4 is 10.6 Å². The molecule has 2 N–H and O–H groups in total. The van der Waals surface area contributed by atoms with Crippen molar-refractivity contribution in [1.82, 2.24) is 15.6 Å². The van der Waals surface area contributed by atoms with Gasteiger partial charge in [0, 0.05) is 32.0 Å². The molecule has 0 aliphatic heterocycles. The summed E-state index contributed by atoms with van der Waals surface area (Å²) in [4.78, 5) is 37.1. The Morgan fingerprint density at radius 1 is 1.14 bits per heavy atom. The maximum Gasteiger partial charge on any atom is 0.309 e. The molecule has 0 unspecified atom stereocenters. The lowest BCUT2D eigenvalue weighted by molar-refractivity contribution is -0.116. The van der Waals surface area contributed by atoms with Crippen molar-refractivity contribution >= 4 is 23.9 Å². The van der Waals surface area contributed by atoms with Crippen LogP contribution in [0.2, 0.25) is 0 Å². The van der Waals surface area contributed by atoms with E-state index in [-0.39, 0.29) is 24.9 Å². The van der Waals surface area contributed by atoms with Crippen molar-refractivity contribution in [2.75, 3.05) is 19.6 Å². The molecule has 2 aromatic rings. The molecule has 8 nitrogen and oxygen atoms in total. The molecule has 146 valence electrons. The number of aryl methyl sites for hydroxylation is 1. The van der Waals surface area contributed by atoms with E-state index in [2.05, 4.69) is 25.8 Å². The number of carbonyl (C=O) groups is 2. The van der Waals surface area contributed by atoms with Gasteiger partial charge in [-0.15, -0.1) is 0 Å². The first-order valence-corrected chi connectivity index (χ1v) is 8.88. The second-order valence-electron chi connectivity index (χ2n) is 5.77. The molecule has 0 saturated carbocycles. The first kappa shape index (κ1) is 20.8. The highest BCUT2D eigenvalue weighted by molar-refractivity contribution is 6.35. The van der Waals surface area contributed by atoms with Crippen LogP contribution in [0, 0.1) is 6.92 Å². The van der Waals surface area contributed by atoms with Crippen molar-refractivity contribution in [2.45, 2.75) is 13.8 Å². The zero-order valence-corrected chi connectivity index (χ0v) is 15.9. The standard InChI is InChI=1S/C20H23N5O3/c1-3-22-20(28-25-13-16-8-6-15(2)7-9-16)19(27)24-12-11-23-18(26)17-5-4-10-21-14-17/h4-10,13-14H,3,11-12H2,1-2H3,(H,23,26)(H,24,27)/b22-20?,25-13+. The highest BCUT2D eigenvalue weighted by atomic mass is 16.6. The average Bonchev–Trinajstić information content (AvgIpc) is 2.72. The monoisotopic (exact) mass is 381 g/mol. The number of aromatic nitrogens is 1. The van der Waals surface area contributed by atoms with Gasteiger partial charge >= 0.3 is 11.8 Å². The van der Waals surface area contributed by atoms with E-state index in [0.717, 1.165) is 11.1 Å². The first-order chi connectivity index (χ1) is 13.6. The SMILES string of the molecule is CCN=C(O/N=C/c1ccc(C)cc1)C(=O)NCCNC(=O)c1cccnc1. The maximum atomic E-state index is 12.2. The normalized spacial score (nSPS) is 11.3. The van der Waals surface area contributed by atoms with E-state index in [0.29, 0.717) is 12.1 Å². The molecule has 2 amide bonds. The van der Waals surface area contributed by atoms with Gasteiger partial charge in [-0.05, 0) is 31.5 Å². The van der Waals surface area contributed by atoms with Crippen molar-refractivity contribution < 1.29 is 14.4 Å². The van der Waals surface area contributed by atoms with Crippen LogP contribution in [0.25, 0.3) is 0 Å². The topological polar surface area (TPSA) is 105 Å². The van der Waals surface area contributed by atoms with Gasteiger partial charge in [0.05, 0.1) is 11.8 Å². The molecular formula is C20H23N5O3. The van der Waals surface area contributed by atoms with Gasteiger partial charge < -0.3 is 15.5 Å². The summed E-state index contributed by atoms with van der Waals surface area (Å²) in [6.07, 6.45) is 4.57. The minimum Gasteiger partial charge on any atom is -0.350 e. The minimum atomic E-state index is -0.501. The second-order valence-corrected chi connectivity index (χ2v) is 5.77. The Balaban J connectivity index is 1.78. The molecule has 2 rings (SSSR count). The fourth-order valence-electron chi connectivity index (χ4n) is 2.10. The summed E-state index contributed by atoms with van der Waals surface area (Å²) in [5.41, 5.74) is 2.44. The summed E-state index contributed by atoms with van der Waals surface area (Å²) in [6.45, 7) is 4.63. The van der Waals surface area contributed by atoms with Crippen LogP contribution in [0.4, 0.5) is 0 Å². The maximum absolute atomic E-state index is 12.2. The van der Waals surface area contributed by atoms with Gasteiger partial charge in [0.15, 0.2) is 0 Å². The molecule has 0 bridgehead atoms. The lowest BCUT2D eigenvalue weighted by Gasteiger charge is -2.07. The Hall–Kier alpha value is -3.55. The lowest BCUT2D eigenvalue weighted by Crippen LogP contribution is -2.38. The Labute approximate surface area is 163 Å². The van der Waals surface area contributed by atoms with E-state index in [9.17, 15) is 9.59 Å². The predicted molar refractivity (Wildman–Crippen MR) is 107 cm³/mol. The predicted octanol–water partition coefficient (Wildman–Crippen LogP) is 1.71. The molecule has 0 fully saturated rings. The summed E-state index contributed by atoms with van der Waals surface area (Å²) in [5.74, 6) is -0.897. The Morgan fingerprint density at radius 3 is 2.57 bits per heavy atom. The van der Waals surface area contributed by atoms with E-state index < -0.39 is 5.91 Å². The van der Waals surface area contributed by atoms with E-state index in [1.807, 2.05) is 31.2 Å². The number of rotatable bonds is 7. The molecule has 0 saturated heterocycles. The molecule has 0 aliphatic carbocycles. The lowest BCUT2D eigenvalue weighted by atomic mass is 10.2. The summed E-state index contributed by atoms with van der Waals surface area (Å²) < 4.78 is 0. The fourth-order valence-corrected chi connectivity index (χ4v) is 2.10. The second kappa shape index (κ2) is 11.2. The number of nitrogens with zero attached hydrogens (tertiary/aromatic N) is 3. The summed E-state index contributed by atoms with van der Waals surface area (Å²) in [5, 5.41) is 9.14. The highest BCUT2D eigenvalue weighted by Crippen LogP contribution is 2.00. The molecule has 1 aromatic heterocycles. The van der Waals surface area contributed by atoms with Crippen LogP contribution in [0.5, 0.6) is 0 Å². The summed E-state index contributed by atoms with van der Waals surface area (Å²) >= 11 is 0. The number of oxime groups is 1. The first-order valence-electron chi connectivity index (χ1n) is 8.88.